The van der Waals surface area contributed by atoms with Gasteiger partial charge in [0, 0.05) is 13.0 Å². The van der Waals surface area contributed by atoms with Gasteiger partial charge in [-0.2, -0.15) is 0 Å². The second-order valence-corrected chi connectivity index (χ2v) is 5.43. The lowest BCUT2D eigenvalue weighted by molar-refractivity contribution is -0.0666. The normalized spacial score (nSPS) is 16.6. The second kappa shape index (κ2) is 6.91. The Kier molecular flexibility index (Phi) is 5.83. The zero-order valence-electron chi connectivity index (χ0n) is 11.8. The molecule has 0 aliphatic heterocycles. The van der Waals surface area contributed by atoms with Gasteiger partial charge in [-0.15, -0.1) is 0 Å². The van der Waals surface area contributed by atoms with E-state index in [1.165, 1.54) is 0 Å². The summed E-state index contributed by atoms with van der Waals surface area (Å²) < 4.78 is 0. The van der Waals surface area contributed by atoms with Crippen LogP contribution < -0.4 is 0 Å². The SMILES string of the molecule is CCC(CCO)C(O)(Cc1ccccc1)C(C)C. The first-order valence-corrected chi connectivity index (χ1v) is 6.91. The second-order valence-electron chi connectivity index (χ2n) is 5.43. The van der Waals surface area contributed by atoms with Crippen LogP contribution in [0.2, 0.25) is 0 Å². The molecule has 1 rings (SSSR count). The minimum Gasteiger partial charge on any atom is -0.396 e. The Morgan fingerprint density at radius 2 is 1.78 bits per heavy atom. The standard InChI is InChI=1S/C16H26O2/c1-4-15(10-11-17)16(18,13(2)3)12-14-8-6-5-7-9-14/h5-9,13,15,17-18H,4,10-12H2,1-3H3. The van der Waals surface area contributed by atoms with Crippen molar-refractivity contribution in [2.75, 3.05) is 6.61 Å². The molecule has 2 unspecified atom stereocenters. The Balaban J connectivity index is 2.92. The summed E-state index contributed by atoms with van der Waals surface area (Å²) in [7, 11) is 0. The fourth-order valence-electron chi connectivity index (χ4n) is 2.71. The number of aliphatic hydroxyl groups excluding tert-OH is 1. The van der Waals surface area contributed by atoms with Crippen molar-refractivity contribution in [1.29, 1.82) is 0 Å². The van der Waals surface area contributed by atoms with E-state index < -0.39 is 5.60 Å². The molecule has 0 bridgehead atoms. The molecule has 2 atom stereocenters. The van der Waals surface area contributed by atoms with E-state index >= 15 is 0 Å². The Labute approximate surface area is 111 Å². The number of benzene rings is 1. The first-order valence-electron chi connectivity index (χ1n) is 6.91. The molecule has 1 aromatic rings. The van der Waals surface area contributed by atoms with E-state index in [1.54, 1.807) is 0 Å². The molecule has 0 heterocycles. The molecule has 1 aromatic carbocycles. The molecule has 0 spiro atoms. The van der Waals surface area contributed by atoms with Gasteiger partial charge in [-0.1, -0.05) is 57.5 Å². The number of hydrogen-bond donors (Lipinski definition) is 2. The van der Waals surface area contributed by atoms with Gasteiger partial charge in [0.1, 0.15) is 0 Å². The van der Waals surface area contributed by atoms with Gasteiger partial charge >= 0.3 is 0 Å². The summed E-state index contributed by atoms with van der Waals surface area (Å²) in [5, 5.41) is 20.2. The van der Waals surface area contributed by atoms with Gasteiger partial charge in [0.15, 0.2) is 0 Å². The number of hydrogen-bond acceptors (Lipinski definition) is 2. The largest absolute Gasteiger partial charge is 0.396 e. The maximum atomic E-state index is 11.0. The van der Waals surface area contributed by atoms with Crippen molar-refractivity contribution in [1.82, 2.24) is 0 Å². The monoisotopic (exact) mass is 250 g/mol. The summed E-state index contributed by atoms with van der Waals surface area (Å²) in [4.78, 5) is 0. The molecule has 0 radical (unpaired) electrons. The molecular weight excluding hydrogens is 224 g/mol. The highest BCUT2D eigenvalue weighted by Gasteiger charge is 2.38. The molecule has 0 aliphatic rings. The predicted octanol–water partition coefficient (Wildman–Crippen LogP) is 3.02. The van der Waals surface area contributed by atoms with Crippen LogP contribution in [0, 0.1) is 11.8 Å². The van der Waals surface area contributed by atoms with E-state index in [0.29, 0.717) is 12.8 Å². The van der Waals surface area contributed by atoms with Crippen molar-refractivity contribution >= 4 is 0 Å². The molecule has 0 saturated heterocycles. The van der Waals surface area contributed by atoms with Crippen LogP contribution in [0.1, 0.15) is 39.2 Å². The quantitative estimate of drug-likeness (QED) is 0.781. The zero-order valence-corrected chi connectivity index (χ0v) is 11.8. The van der Waals surface area contributed by atoms with E-state index in [-0.39, 0.29) is 18.4 Å². The van der Waals surface area contributed by atoms with Gasteiger partial charge in [-0.05, 0) is 23.8 Å². The molecule has 0 aliphatic carbocycles. The van der Waals surface area contributed by atoms with Crippen LogP contribution in [0.5, 0.6) is 0 Å². The Bertz CT molecular complexity index is 334. The van der Waals surface area contributed by atoms with Crippen molar-refractivity contribution in [3.63, 3.8) is 0 Å². The molecule has 0 fully saturated rings. The molecule has 0 amide bonds. The molecule has 2 nitrogen and oxygen atoms in total. The van der Waals surface area contributed by atoms with Crippen LogP contribution in [0.4, 0.5) is 0 Å². The van der Waals surface area contributed by atoms with Gasteiger partial charge in [0.2, 0.25) is 0 Å². The van der Waals surface area contributed by atoms with E-state index in [4.69, 9.17) is 5.11 Å². The van der Waals surface area contributed by atoms with Crippen molar-refractivity contribution in [3.05, 3.63) is 35.9 Å². The zero-order chi connectivity index (χ0) is 13.6. The fourth-order valence-corrected chi connectivity index (χ4v) is 2.71. The Hall–Kier alpha value is -0.860. The van der Waals surface area contributed by atoms with Crippen LogP contribution in [-0.2, 0) is 6.42 Å². The Morgan fingerprint density at radius 3 is 2.22 bits per heavy atom. The van der Waals surface area contributed by atoms with Gasteiger partial charge in [-0.3, -0.25) is 0 Å². The molecule has 18 heavy (non-hydrogen) atoms. The van der Waals surface area contributed by atoms with Crippen LogP contribution >= 0.6 is 0 Å². The van der Waals surface area contributed by atoms with Crippen molar-refractivity contribution in [3.8, 4) is 0 Å². The smallest absolute Gasteiger partial charge is 0.0739 e. The highest BCUT2D eigenvalue weighted by molar-refractivity contribution is 5.18. The van der Waals surface area contributed by atoms with Crippen LogP contribution in [-0.4, -0.2) is 22.4 Å². The molecule has 102 valence electrons. The van der Waals surface area contributed by atoms with Crippen molar-refractivity contribution < 1.29 is 10.2 Å². The third kappa shape index (κ3) is 3.56. The predicted molar refractivity (Wildman–Crippen MR) is 75.4 cm³/mol. The van der Waals surface area contributed by atoms with Crippen molar-refractivity contribution in [2.45, 2.75) is 45.6 Å². The number of aliphatic hydroxyl groups is 2. The Morgan fingerprint density at radius 1 is 1.17 bits per heavy atom. The molecule has 2 heteroatoms. The van der Waals surface area contributed by atoms with Crippen molar-refractivity contribution in [2.24, 2.45) is 11.8 Å². The highest BCUT2D eigenvalue weighted by atomic mass is 16.3. The topological polar surface area (TPSA) is 40.5 Å². The van der Waals surface area contributed by atoms with Gasteiger partial charge in [0.05, 0.1) is 5.60 Å². The van der Waals surface area contributed by atoms with Crippen LogP contribution in [0.15, 0.2) is 30.3 Å². The van der Waals surface area contributed by atoms with E-state index in [9.17, 15) is 5.11 Å². The summed E-state index contributed by atoms with van der Waals surface area (Å²) in [6.07, 6.45) is 2.21. The minimum absolute atomic E-state index is 0.141. The maximum absolute atomic E-state index is 11.0. The van der Waals surface area contributed by atoms with Gasteiger partial charge in [0.25, 0.3) is 0 Å². The molecule has 0 saturated carbocycles. The average molecular weight is 250 g/mol. The lowest BCUT2D eigenvalue weighted by atomic mass is 9.72. The maximum Gasteiger partial charge on any atom is 0.0739 e. The summed E-state index contributed by atoms with van der Waals surface area (Å²) >= 11 is 0. The molecular formula is C16H26O2. The van der Waals surface area contributed by atoms with Gasteiger partial charge in [-0.25, -0.2) is 0 Å². The first kappa shape index (κ1) is 15.2. The first-order chi connectivity index (χ1) is 8.54. The van der Waals surface area contributed by atoms with Gasteiger partial charge < -0.3 is 10.2 Å². The lowest BCUT2D eigenvalue weighted by Crippen LogP contribution is -2.45. The lowest BCUT2D eigenvalue weighted by Gasteiger charge is -2.39. The van der Waals surface area contributed by atoms with Crippen LogP contribution in [0.25, 0.3) is 0 Å². The van der Waals surface area contributed by atoms with E-state index in [1.807, 2.05) is 18.2 Å². The molecule has 0 aromatic heterocycles. The minimum atomic E-state index is -0.737. The summed E-state index contributed by atoms with van der Waals surface area (Å²) in [5.74, 6) is 0.317. The molecule has 2 N–H and O–H groups in total. The van der Waals surface area contributed by atoms with E-state index in [0.717, 1.165) is 12.0 Å². The van der Waals surface area contributed by atoms with Crippen LogP contribution in [0.3, 0.4) is 0 Å². The third-order valence-corrected chi connectivity index (χ3v) is 4.01. The number of rotatable bonds is 7. The summed E-state index contributed by atoms with van der Waals surface area (Å²) in [6, 6.07) is 10.1. The fraction of sp³-hybridized carbons (Fsp3) is 0.625. The summed E-state index contributed by atoms with van der Waals surface area (Å²) in [5.41, 5.74) is 0.420. The highest BCUT2D eigenvalue weighted by Crippen LogP contribution is 2.34. The van der Waals surface area contributed by atoms with E-state index in [2.05, 4.69) is 32.9 Å². The third-order valence-electron chi connectivity index (χ3n) is 4.01. The summed E-state index contributed by atoms with van der Waals surface area (Å²) in [6.45, 7) is 6.34. The average Bonchev–Trinajstić information content (AvgIpc) is 2.36.